The fourth-order valence-electron chi connectivity index (χ4n) is 2.98. The van der Waals surface area contributed by atoms with E-state index in [1.807, 2.05) is 0 Å². The van der Waals surface area contributed by atoms with E-state index >= 15 is 0 Å². The van der Waals surface area contributed by atoms with Crippen LogP contribution in [0.3, 0.4) is 0 Å². The molecule has 1 aromatic heterocycles. The maximum absolute atomic E-state index is 13.6. The Hall–Kier alpha value is -4.02. The summed E-state index contributed by atoms with van der Waals surface area (Å²) in [5, 5.41) is 23.6. The second kappa shape index (κ2) is 10.3. The lowest BCUT2D eigenvalue weighted by Crippen LogP contribution is -2.32. The van der Waals surface area contributed by atoms with E-state index < -0.39 is 23.8 Å². The second-order valence-electron chi connectivity index (χ2n) is 8.72. The molecule has 3 rings (SSSR count). The number of rotatable bonds is 6. The van der Waals surface area contributed by atoms with E-state index in [9.17, 15) is 14.0 Å². The summed E-state index contributed by atoms with van der Waals surface area (Å²) in [6.07, 6.45) is 1.88. The van der Waals surface area contributed by atoms with Gasteiger partial charge in [0, 0.05) is 24.2 Å². The molecule has 1 aliphatic carbocycles. The van der Waals surface area contributed by atoms with Crippen molar-refractivity contribution < 1.29 is 23.3 Å². The van der Waals surface area contributed by atoms with Crippen molar-refractivity contribution >= 4 is 23.7 Å². The molecule has 0 spiro atoms. The average Bonchev–Trinajstić information content (AvgIpc) is 3.22. The van der Waals surface area contributed by atoms with Gasteiger partial charge in [-0.3, -0.25) is 10.2 Å². The fraction of sp³-hybridized carbons (Fsp3) is 0.348. The van der Waals surface area contributed by atoms with Crippen LogP contribution in [0.15, 0.2) is 52.3 Å². The number of carbonyl (C=O) groups excluding carboxylic acids is 2. The highest BCUT2D eigenvalue weighted by Gasteiger charge is 2.21. The Morgan fingerprint density at radius 1 is 1.21 bits per heavy atom. The van der Waals surface area contributed by atoms with Crippen molar-refractivity contribution in [3.8, 4) is 0 Å². The summed E-state index contributed by atoms with van der Waals surface area (Å²) in [7, 11) is 0. The summed E-state index contributed by atoms with van der Waals surface area (Å²) in [6.45, 7) is 7.24. The molecule has 34 heavy (non-hydrogen) atoms. The number of aromatic nitrogens is 2. The Bertz CT molecular complexity index is 1130. The summed E-state index contributed by atoms with van der Waals surface area (Å²) in [5.41, 5.74) is 1.61. The summed E-state index contributed by atoms with van der Waals surface area (Å²) in [4.78, 5) is 24.4. The Balaban J connectivity index is 1.58. The van der Waals surface area contributed by atoms with Gasteiger partial charge in [-0.2, -0.15) is 0 Å². The van der Waals surface area contributed by atoms with Gasteiger partial charge in [0.05, 0.1) is 0 Å². The summed E-state index contributed by atoms with van der Waals surface area (Å²) >= 11 is 0. The SMILES string of the molecule is CC1=CC(NC(=N)c2nonc2NC(=O)c2ccc(CNC(=O)OC(C)(C)C)cc2)=CCC1F. The van der Waals surface area contributed by atoms with Gasteiger partial charge in [0.15, 0.2) is 11.5 Å². The number of alkyl carbamates (subject to hydrolysis) is 1. The standard InChI is InChI=1S/C23H27FN6O4/c1-13-11-16(9-10-17(13)24)27-19(25)18-20(30-34-29-18)28-21(31)15-7-5-14(6-8-15)12-26-22(32)33-23(2,3)4/h5-9,11,17H,10,12H2,1-4H3,(H2,25,27)(H,26,32)(H,28,30,31). The van der Waals surface area contributed by atoms with Gasteiger partial charge in [-0.25, -0.2) is 13.8 Å². The largest absolute Gasteiger partial charge is 0.444 e. The first-order chi connectivity index (χ1) is 16.0. The molecular formula is C23H27FN6O4. The van der Waals surface area contributed by atoms with Gasteiger partial charge in [-0.05, 0) is 67.4 Å². The van der Waals surface area contributed by atoms with Crippen LogP contribution >= 0.6 is 0 Å². The number of hydrogen-bond acceptors (Lipinski definition) is 7. The van der Waals surface area contributed by atoms with E-state index in [1.54, 1.807) is 64.1 Å². The minimum absolute atomic E-state index is 0.000792. The average molecular weight is 471 g/mol. The Morgan fingerprint density at radius 2 is 1.91 bits per heavy atom. The van der Waals surface area contributed by atoms with E-state index in [2.05, 4.69) is 26.3 Å². The van der Waals surface area contributed by atoms with Crippen LogP contribution in [-0.4, -0.2) is 39.9 Å². The topological polar surface area (TPSA) is 142 Å². The van der Waals surface area contributed by atoms with Crippen molar-refractivity contribution in [3.63, 3.8) is 0 Å². The van der Waals surface area contributed by atoms with Crippen LogP contribution < -0.4 is 16.0 Å². The molecule has 0 aliphatic heterocycles. The zero-order valence-electron chi connectivity index (χ0n) is 19.4. The summed E-state index contributed by atoms with van der Waals surface area (Å²) in [6, 6.07) is 6.57. The van der Waals surface area contributed by atoms with Gasteiger partial charge in [-0.15, -0.1) is 0 Å². The maximum atomic E-state index is 13.6. The monoisotopic (exact) mass is 470 g/mol. The normalized spacial score (nSPS) is 15.6. The van der Waals surface area contributed by atoms with Crippen molar-refractivity contribution in [1.82, 2.24) is 20.9 Å². The number of benzene rings is 1. The molecule has 2 amide bonds. The first-order valence-electron chi connectivity index (χ1n) is 10.6. The summed E-state index contributed by atoms with van der Waals surface area (Å²) < 4.78 is 23.5. The van der Waals surface area contributed by atoms with Crippen molar-refractivity contribution in [2.45, 2.75) is 52.4 Å². The molecule has 10 nitrogen and oxygen atoms in total. The van der Waals surface area contributed by atoms with Gasteiger partial charge in [-0.1, -0.05) is 18.2 Å². The van der Waals surface area contributed by atoms with Crippen molar-refractivity contribution in [3.05, 3.63) is 64.5 Å². The van der Waals surface area contributed by atoms with Gasteiger partial charge < -0.3 is 20.7 Å². The molecule has 2 aromatic rings. The number of alkyl halides is 1. The molecule has 0 radical (unpaired) electrons. The predicted octanol–water partition coefficient (Wildman–Crippen LogP) is 3.83. The van der Waals surface area contributed by atoms with E-state index in [0.717, 1.165) is 5.56 Å². The predicted molar refractivity (Wildman–Crippen MR) is 123 cm³/mol. The smallest absolute Gasteiger partial charge is 0.407 e. The van der Waals surface area contributed by atoms with Crippen LogP contribution in [0.1, 0.15) is 55.7 Å². The number of halogens is 1. The number of hydrogen-bond donors (Lipinski definition) is 4. The zero-order valence-corrected chi connectivity index (χ0v) is 19.4. The minimum atomic E-state index is -1.04. The van der Waals surface area contributed by atoms with Crippen LogP contribution in [-0.2, 0) is 11.3 Å². The number of allylic oxidation sites excluding steroid dienone is 3. The van der Waals surface area contributed by atoms with Crippen molar-refractivity contribution in [2.75, 3.05) is 5.32 Å². The van der Waals surface area contributed by atoms with Crippen LogP contribution in [0.4, 0.5) is 15.0 Å². The Morgan fingerprint density at radius 3 is 2.56 bits per heavy atom. The lowest BCUT2D eigenvalue weighted by atomic mass is 10.0. The molecule has 180 valence electrons. The zero-order chi connectivity index (χ0) is 24.9. The summed E-state index contributed by atoms with van der Waals surface area (Å²) in [5.74, 6) is -0.671. The maximum Gasteiger partial charge on any atom is 0.407 e. The highest BCUT2D eigenvalue weighted by Crippen LogP contribution is 2.20. The first-order valence-corrected chi connectivity index (χ1v) is 10.6. The molecular weight excluding hydrogens is 443 g/mol. The molecule has 1 unspecified atom stereocenters. The molecule has 0 saturated heterocycles. The van der Waals surface area contributed by atoms with Crippen LogP contribution in [0.2, 0.25) is 0 Å². The number of nitrogens with one attached hydrogen (secondary N) is 4. The molecule has 1 heterocycles. The van der Waals surface area contributed by atoms with Gasteiger partial charge in [0.1, 0.15) is 11.8 Å². The highest BCUT2D eigenvalue weighted by atomic mass is 19.1. The lowest BCUT2D eigenvalue weighted by molar-refractivity contribution is 0.0523. The van der Waals surface area contributed by atoms with E-state index in [1.165, 1.54) is 0 Å². The van der Waals surface area contributed by atoms with Gasteiger partial charge in [0.2, 0.25) is 5.82 Å². The number of carbonyl (C=O) groups is 2. The van der Waals surface area contributed by atoms with E-state index in [-0.39, 0.29) is 30.3 Å². The molecule has 0 bridgehead atoms. The van der Waals surface area contributed by atoms with Crippen molar-refractivity contribution in [2.24, 2.45) is 0 Å². The number of ether oxygens (including phenoxy) is 1. The molecule has 1 aromatic carbocycles. The van der Waals surface area contributed by atoms with E-state index in [4.69, 9.17) is 14.8 Å². The third-order valence-corrected chi connectivity index (χ3v) is 4.70. The Labute approximate surface area is 196 Å². The molecule has 0 fully saturated rings. The minimum Gasteiger partial charge on any atom is -0.444 e. The number of amidine groups is 1. The van der Waals surface area contributed by atoms with Crippen LogP contribution in [0.5, 0.6) is 0 Å². The Kier molecular flexibility index (Phi) is 7.44. The van der Waals surface area contributed by atoms with Gasteiger partial charge >= 0.3 is 6.09 Å². The number of anilines is 1. The van der Waals surface area contributed by atoms with Crippen LogP contribution in [0.25, 0.3) is 0 Å². The molecule has 0 saturated carbocycles. The molecule has 1 atom stereocenters. The molecule has 1 aliphatic rings. The number of amides is 2. The fourth-order valence-corrected chi connectivity index (χ4v) is 2.98. The van der Waals surface area contributed by atoms with Crippen LogP contribution in [0, 0.1) is 5.41 Å². The highest BCUT2D eigenvalue weighted by molar-refractivity contribution is 6.08. The van der Waals surface area contributed by atoms with Gasteiger partial charge in [0.25, 0.3) is 5.91 Å². The molecule has 4 N–H and O–H groups in total. The second-order valence-corrected chi connectivity index (χ2v) is 8.72. The lowest BCUT2D eigenvalue weighted by Gasteiger charge is -2.19. The molecule has 11 heteroatoms. The third-order valence-electron chi connectivity index (χ3n) is 4.70. The van der Waals surface area contributed by atoms with E-state index in [0.29, 0.717) is 16.8 Å². The quantitative estimate of drug-likeness (QED) is 0.371. The number of nitrogens with zero attached hydrogens (tertiary/aromatic N) is 2. The van der Waals surface area contributed by atoms with Crippen molar-refractivity contribution in [1.29, 1.82) is 5.41 Å². The first kappa shape index (κ1) is 24.6. The third kappa shape index (κ3) is 6.74.